The van der Waals surface area contributed by atoms with Crippen molar-refractivity contribution in [2.24, 2.45) is 5.92 Å². The molecule has 2 unspecified atom stereocenters. The van der Waals surface area contributed by atoms with Crippen molar-refractivity contribution in [3.8, 4) is 5.75 Å². The number of nitrogens with one attached hydrogen (secondary N) is 3. The summed E-state index contributed by atoms with van der Waals surface area (Å²) in [5.41, 5.74) is 6.41. The topological polar surface area (TPSA) is 62.4 Å². The molecule has 2 aromatic rings. The van der Waals surface area contributed by atoms with Crippen LogP contribution in [0.1, 0.15) is 19.3 Å². The first-order valence-electron chi connectivity index (χ1n) is 8.20. The van der Waals surface area contributed by atoms with Gasteiger partial charge in [-0.2, -0.15) is 0 Å². The Labute approximate surface area is 135 Å². The van der Waals surface area contributed by atoms with Crippen LogP contribution in [0.3, 0.4) is 0 Å². The van der Waals surface area contributed by atoms with Gasteiger partial charge in [0.25, 0.3) is 5.91 Å². The summed E-state index contributed by atoms with van der Waals surface area (Å²) in [5, 5.41) is 5.24. The maximum atomic E-state index is 12.0. The molecule has 120 valence electrons. The van der Waals surface area contributed by atoms with Crippen LogP contribution in [-0.2, 0) is 4.79 Å². The van der Waals surface area contributed by atoms with Crippen LogP contribution in [0.2, 0.25) is 0 Å². The summed E-state index contributed by atoms with van der Waals surface area (Å²) in [6.07, 6.45) is 3.52. The van der Waals surface area contributed by atoms with Gasteiger partial charge in [-0.1, -0.05) is 30.3 Å². The summed E-state index contributed by atoms with van der Waals surface area (Å²) < 4.78 is 5.61. The van der Waals surface area contributed by atoms with Gasteiger partial charge in [-0.15, -0.1) is 0 Å². The minimum atomic E-state index is -0.103. The molecular weight excluding hydrogens is 290 g/mol. The average Bonchev–Trinajstić information content (AvgIpc) is 3.33. The molecule has 0 aromatic heterocycles. The largest absolute Gasteiger partial charge is 0.484 e. The average molecular weight is 311 g/mol. The van der Waals surface area contributed by atoms with Crippen LogP contribution in [0.4, 0.5) is 0 Å². The normalized spacial score (nSPS) is 23.8. The number of benzene rings is 2. The number of hydrogen-bond acceptors (Lipinski definition) is 4. The van der Waals surface area contributed by atoms with Crippen molar-refractivity contribution in [3.05, 3.63) is 42.5 Å². The van der Waals surface area contributed by atoms with E-state index in [1.165, 1.54) is 12.8 Å². The summed E-state index contributed by atoms with van der Waals surface area (Å²) in [5.74, 6) is 1.39. The number of amides is 1. The van der Waals surface area contributed by atoms with Gasteiger partial charge >= 0.3 is 0 Å². The highest BCUT2D eigenvalue weighted by molar-refractivity contribution is 5.84. The van der Waals surface area contributed by atoms with Gasteiger partial charge < -0.3 is 10.1 Å². The maximum absolute atomic E-state index is 12.0. The number of carbonyl (C=O) groups is 1. The summed E-state index contributed by atoms with van der Waals surface area (Å²) in [6.45, 7) is 0.0324. The smallest absolute Gasteiger partial charge is 0.259 e. The Hall–Kier alpha value is -2.11. The van der Waals surface area contributed by atoms with Crippen molar-refractivity contribution in [1.29, 1.82) is 0 Å². The molecule has 0 radical (unpaired) electrons. The Kier molecular flexibility index (Phi) is 3.89. The number of fused-ring (bicyclic) bond motifs is 1. The Morgan fingerprint density at radius 2 is 1.96 bits per heavy atom. The predicted octanol–water partition coefficient (Wildman–Crippen LogP) is 1.94. The molecule has 2 fully saturated rings. The van der Waals surface area contributed by atoms with Gasteiger partial charge in [-0.3, -0.25) is 10.2 Å². The van der Waals surface area contributed by atoms with E-state index < -0.39 is 0 Å². The lowest BCUT2D eigenvalue weighted by molar-refractivity contribution is -0.123. The van der Waals surface area contributed by atoms with E-state index in [2.05, 4.69) is 22.2 Å². The Balaban J connectivity index is 1.28. The third kappa shape index (κ3) is 3.46. The molecule has 5 heteroatoms. The molecule has 2 aromatic carbocycles. The fourth-order valence-electron chi connectivity index (χ4n) is 3.13. The lowest BCUT2D eigenvalue weighted by Crippen LogP contribution is -2.46. The monoisotopic (exact) mass is 311 g/mol. The second kappa shape index (κ2) is 6.18. The van der Waals surface area contributed by atoms with E-state index in [1.807, 2.05) is 36.4 Å². The highest BCUT2D eigenvalue weighted by Gasteiger charge is 2.36. The molecule has 1 saturated carbocycles. The fourth-order valence-corrected chi connectivity index (χ4v) is 3.13. The summed E-state index contributed by atoms with van der Waals surface area (Å²) in [6, 6.07) is 14.4. The Morgan fingerprint density at radius 3 is 2.78 bits per heavy atom. The van der Waals surface area contributed by atoms with Crippen molar-refractivity contribution >= 4 is 16.7 Å². The van der Waals surface area contributed by atoms with Gasteiger partial charge in [-0.25, -0.2) is 5.43 Å². The van der Waals surface area contributed by atoms with Crippen molar-refractivity contribution in [2.75, 3.05) is 6.61 Å². The zero-order valence-corrected chi connectivity index (χ0v) is 12.9. The number of carbonyl (C=O) groups excluding carboxylic acids is 1. The highest BCUT2D eigenvalue weighted by atomic mass is 16.5. The minimum absolute atomic E-state index is 0.00620. The molecule has 1 heterocycles. The van der Waals surface area contributed by atoms with Gasteiger partial charge in [0.1, 0.15) is 5.75 Å². The van der Waals surface area contributed by atoms with Crippen LogP contribution in [0.15, 0.2) is 42.5 Å². The number of ether oxygens (including phenoxy) is 1. The summed E-state index contributed by atoms with van der Waals surface area (Å²) in [4.78, 5) is 12.0. The molecule has 0 spiro atoms. The number of rotatable bonds is 5. The first-order valence-corrected chi connectivity index (χ1v) is 8.20. The van der Waals surface area contributed by atoms with Crippen LogP contribution in [0.5, 0.6) is 5.75 Å². The molecule has 1 saturated heterocycles. The highest BCUT2D eigenvalue weighted by Crippen LogP contribution is 2.35. The van der Waals surface area contributed by atoms with Crippen LogP contribution in [-0.4, -0.2) is 24.7 Å². The number of hydrogen-bond donors (Lipinski definition) is 3. The van der Waals surface area contributed by atoms with Crippen LogP contribution in [0, 0.1) is 5.92 Å². The molecule has 1 aliphatic heterocycles. The first-order chi connectivity index (χ1) is 11.3. The first kappa shape index (κ1) is 14.5. The van der Waals surface area contributed by atoms with Gasteiger partial charge in [0.2, 0.25) is 0 Å². The Bertz CT molecular complexity index is 714. The van der Waals surface area contributed by atoms with Crippen LogP contribution >= 0.6 is 0 Å². The van der Waals surface area contributed by atoms with E-state index in [1.54, 1.807) is 0 Å². The van der Waals surface area contributed by atoms with Gasteiger partial charge in [0.05, 0.1) is 6.17 Å². The zero-order valence-electron chi connectivity index (χ0n) is 12.9. The summed E-state index contributed by atoms with van der Waals surface area (Å²) >= 11 is 0. The molecule has 1 aliphatic carbocycles. The van der Waals surface area contributed by atoms with Crippen LogP contribution < -0.4 is 20.9 Å². The van der Waals surface area contributed by atoms with Crippen molar-refractivity contribution in [2.45, 2.75) is 31.5 Å². The third-order valence-electron chi connectivity index (χ3n) is 4.55. The lowest BCUT2D eigenvalue weighted by atomic mass is 10.1. The molecule has 2 aliphatic rings. The van der Waals surface area contributed by atoms with E-state index in [9.17, 15) is 4.79 Å². The second-order valence-corrected chi connectivity index (χ2v) is 6.39. The van der Waals surface area contributed by atoms with E-state index in [-0.39, 0.29) is 18.7 Å². The molecule has 4 rings (SSSR count). The van der Waals surface area contributed by atoms with Crippen molar-refractivity contribution in [1.82, 2.24) is 16.2 Å². The van der Waals surface area contributed by atoms with Crippen molar-refractivity contribution < 1.29 is 9.53 Å². The maximum Gasteiger partial charge on any atom is 0.259 e. The van der Waals surface area contributed by atoms with Gasteiger partial charge in [-0.05, 0) is 48.1 Å². The fraction of sp³-hybridized carbons (Fsp3) is 0.389. The van der Waals surface area contributed by atoms with Crippen molar-refractivity contribution in [3.63, 3.8) is 0 Å². The zero-order chi connectivity index (χ0) is 15.6. The summed E-state index contributed by atoms with van der Waals surface area (Å²) in [7, 11) is 0. The van der Waals surface area contributed by atoms with E-state index in [4.69, 9.17) is 4.74 Å². The molecule has 5 nitrogen and oxygen atoms in total. The molecule has 1 amide bonds. The third-order valence-corrected chi connectivity index (χ3v) is 4.55. The SMILES string of the molecule is O=C(COc1ccc2ccccc2c1)NC1CC(C2CC2)NN1. The van der Waals surface area contributed by atoms with Crippen LogP contribution in [0.25, 0.3) is 10.8 Å². The van der Waals surface area contributed by atoms with Gasteiger partial charge in [0, 0.05) is 6.04 Å². The predicted molar refractivity (Wildman–Crippen MR) is 88.8 cm³/mol. The minimum Gasteiger partial charge on any atom is -0.484 e. The second-order valence-electron chi connectivity index (χ2n) is 6.39. The van der Waals surface area contributed by atoms with Gasteiger partial charge in [0.15, 0.2) is 6.61 Å². The molecule has 2 atom stereocenters. The Morgan fingerprint density at radius 1 is 1.13 bits per heavy atom. The number of hydrazine groups is 1. The lowest BCUT2D eigenvalue weighted by Gasteiger charge is -2.13. The quantitative estimate of drug-likeness (QED) is 0.790. The molecule has 23 heavy (non-hydrogen) atoms. The van der Waals surface area contributed by atoms with E-state index in [0.717, 1.165) is 23.1 Å². The molecular formula is C18H21N3O2. The van der Waals surface area contributed by atoms with E-state index in [0.29, 0.717) is 11.8 Å². The standard InChI is InChI=1S/C18H21N3O2/c22-18(19-17-10-16(20-21-17)13-5-6-13)11-23-15-8-7-12-3-1-2-4-14(12)9-15/h1-4,7-9,13,16-17,20-21H,5-6,10-11H2,(H,19,22). The molecule has 3 N–H and O–H groups in total. The van der Waals surface area contributed by atoms with E-state index >= 15 is 0 Å². The molecule has 0 bridgehead atoms.